The predicted octanol–water partition coefficient (Wildman–Crippen LogP) is 4.54. The number of ether oxygens (including phenoxy) is 1. The lowest BCUT2D eigenvalue weighted by molar-refractivity contribution is -0.121. The van der Waals surface area contributed by atoms with E-state index < -0.39 is 0 Å². The maximum atomic E-state index is 13.1. The Morgan fingerprint density at radius 3 is 2.44 bits per heavy atom. The number of carbonyl (C=O) groups excluding carboxylic acids is 2. The summed E-state index contributed by atoms with van der Waals surface area (Å²) in [5.41, 5.74) is 4.88. The summed E-state index contributed by atoms with van der Waals surface area (Å²) in [6.45, 7) is 2.51. The molecular formula is C27H28N2O3. The number of hydrogen-bond acceptors (Lipinski definition) is 3. The van der Waals surface area contributed by atoms with Gasteiger partial charge in [-0.2, -0.15) is 0 Å². The van der Waals surface area contributed by atoms with Gasteiger partial charge in [0.2, 0.25) is 5.91 Å². The van der Waals surface area contributed by atoms with Gasteiger partial charge in [0.25, 0.3) is 5.91 Å². The summed E-state index contributed by atoms with van der Waals surface area (Å²) >= 11 is 0. The molecule has 1 heterocycles. The Hall–Kier alpha value is -3.60. The van der Waals surface area contributed by atoms with Gasteiger partial charge in [-0.1, -0.05) is 42.5 Å². The van der Waals surface area contributed by atoms with E-state index >= 15 is 0 Å². The van der Waals surface area contributed by atoms with Crippen LogP contribution in [0.15, 0.2) is 72.8 Å². The molecule has 2 amide bonds. The number of aryl methyl sites for hydroxylation is 1. The Bertz CT molecular complexity index is 1090. The van der Waals surface area contributed by atoms with Crippen LogP contribution in [0, 0.1) is 0 Å². The highest BCUT2D eigenvalue weighted by molar-refractivity contribution is 6.07. The zero-order valence-corrected chi connectivity index (χ0v) is 18.5. The second kappa shape index (κ2) is 9.69. The van der Waals surface area contributed by atoms with Crippen LogP contribution in [-0.2, 0) is 24.2 Å². The normalized spacial score (nSPS) is 14.7. The number of nitrogens with zero attached hydrogens (tertiary/aromatic N) is 1. The summed E-state index contributed by atoms with van der Waals surface area (Å²) in [7, 11) is 1.64. The molecule has 0 spiro atoms. The van der Waals surface area contributed by atoms with Gasteiger partial charge in [-0.15, -0.1) is 0 Å². The molecule has 1 atom stereocenters. The number of methoxy groups -OCH3 is 1. The first kappa shape index (κ1) is 21.6. The van der Waals surface area contributed by atoms with Crippen LogP contribution < -0.4 is 15.0 Å². The molecule has 164 valence electrons. The third-order valence-corrected chi connectivity index (χ3v) is 5.89. The topological polar surface area (TPSA) is 58.6 Å². The first-order valence-corrected chi connectivity index (χ1v) is 10.9. The van der Waals surface area contributed by atoms with E-state index in [4.69, 9.17) is 4.74 Å². The third-order valence-electron chi connectivity index (χ3n) is 5.89. The lowest BCUT2D eigenvalue weighted by Gasteiger charge is -2.23. The van der Waals surface area contributed by atoms with Crippen LogP contribution >= 0.6 is 0 Å². The summed E-state index contributed by atoms with van der Waals surface area (Å²) in [6.07, 6.45) is 1.94. The highest BCUT2D eigenvalue weighted by Gasteiger charge is 2.31. The van der Waals surface area contributed by atoms with Crippen molar-refractivity contribution in [3.8, 4) is 5.75 Å². The molecular weight excluding hydrogens is 400 g/mol. The molecule has 5 heteroatoms. The molecule has 1 unspecified atom stereocenters. The van der Waals surface area contributed by atoms with Crippen molar-refractivity contribution in [3.05, 3.63) is 95.1 Å². The van der Waals surface area contributed by atoms with Crippen molar-refractivity contribution < 1.29 is 14.3 Å². The molecule has 1 N–H and O–H groups in total. The quantitative estimate of drug-likeness (QED) is 0.601. The Morgan fingerprint density at radius 1 is 1.00 bits per heavy atom. The van der Waals surface area contributed by atoms with Crippen LogP contribution in [0.3, 0.4) is 0 Å². The molecule has 0 saturated heterocycles. The van der Waals surface area contributed by atoms with Crippen LogP contribution in [-0.4, -0.2) is 25.0 Å². The van der Waals surface area contributed by atoms with Crippen molar-refractivity contribution in [1.29, 1.82) is 0 Å². The molecule has 1 aliphatic heterocycles. The van der Waals surface area contributed by atoms with E-state index in [-0.39, 0.29) is 17.9 Å². The average molecular weight is 429 g/mol. The Balaban J connectivity index is 1.38. The zero-order chi connectivity index (χ0) is 22.5. The van der Waals surface area contributed by atoms with Crippen molar-refractivity contribution in [2.24, 2.45) is 0 Å². The molecule has 3 aromatic rings. The molecule has 0 aliphatic carbocycles. The second-order valence-electron chi connectivity index (χ2n) is 8.18. The van der Waals surface area contributed by atoms with E-state index in [2.05, 4.69) is 18.3 Å². The van der Waals surface area contributed by atoms with Crippen molar-refractivity contribution in [3.63, 3.8) is 0 Å². The number of amides is 2. The Morgan fingerprint density at radius 2 is 1.72 bits per heavy atom. The van der Waals surface area contributed by atoms with Crippen LogP contribution in [0.4, 0.5) is 5.69 Å². The van der Waals surface area contributed by atoms with Crippen molar-refractivity contribution >= 4 is 17.5 Å². The SMILES string of the molecule is COc1ccc(CCC(=O)NCc2ccc3c(c2)N(C(=O)c2ccccc2)C(C)C3)cc1. The van der Waals surface area contributed by atoms with Gasteiger partial charge >= 0.3 is 0 Å². The summed E-state index contributed by atoms with van der Waals surface area (Å²) in [5, 5.41) is 3.00. The molecule has 0 bridgehead atoms. The van der Waals surface area contributed by atoms with E-state index in [1.54, 1.807) is 7.11 Å². The van der Waals surface area contributed by atoms with Crippen LogP contribution in [0.25, 0.3) is 0 Å². The summed E-state index contributed by atoms with van der Waals surface area (Å²) in [4.78, 5) is 27.3. The molecule has 0 fully saturated rings. The molecule has 0 aromatic heterocycles. The molecule has 1 aliphatic rings. The van der Waals surface area contributed by atoms with E-state index in [1.807, 2.05) is 71.6 Å². The Kier molecular flexibility index (Phi) is 6.55. The minimum absolute atomic E-state index is 0.00639. The largest absolute Gasteiger partial charge is 0.497 e. The molecule has 0 radical (unpaired) electrons. The minimum atomic E-state index is 0.00639. The third kappa shape index (κ3) is 4.83. The maximum Gasteiger partial charge on any atom is 0.258 e. The minimum Gasteiger partial charge on any atom is -0.497 e. The van der Waals surface area contributed by atoms with Gasteiger partial charge in [-0.3, -0.25) is 9.59 Å². The van der Waals surface area contributed by atoms with Crippen molar-refractivity contribution in [1.82, 2.24) is 5.32 Å². The summed E-state index contributed by atoms with van der Waals surface area (Å²) in [6, 6.07) is 23.4. The number of carbonyl (C=O) groups is 2. The molecule has 0 saturated carbocycles. The standard InChI is InChI=1S/C27H28N2O3/c1-19-16-23-12-8-21(17-25(23)29(19)27(31)22-6-4-3-5-7-22)18-28-26(30)15-11-20-9-13-24(32-2)14-10-20/h3-10,12-14,17,19H,11,15-16,18H2,1-2H3,(H,28,30). The molecule has 5 nitrogen and oxygen atoms in total. The highest BCUT2D eigenvalue weighted by Crippen LogP contribution is 2.34. The van der Waals surface area contributed by atoms with Crippen LogP contribution in [0.1, 0.15) is 40.4 Å². The fraction of sp³-hybridized carbons (Fsp3) is 0.259. The van der Waals surface area contributed by atoms with Crippen LogP contribution in [0.2, 0.25) is 0 Å². The van der Waals surface area contributed by atoms with Gasteiger partial charge in [-0.05, 0) is 66.8 Å². The molecule has 32 heavy (non-hydrogen) atoms. The van der Waals surface area contributed by atoms with Gasteiger partial charge in [0.15, 0.2) is 0 Å². The van der Waals surface area contributed by atoms with Gasteiger partial charge in [0, 0.05) is 30.3 Å². The highest BCUT2D eigenvalue weighted by atomic mass is 16.5. The first-order valence-electron chi connectivity index (χ1n) is 10.9. The van der Waals surface area contributed by atoms with E-state index in [0.717, 1.165) is 34.5 Å². The smallest absolute Gasteiger partial charge is 0.258 e. The second-order valence-corrected chi connectivity index (χ2v) is 8.18. The lowest BCUT2D eigenvalue weighted by Crippen LogP contribution is -2.35. The van der Waals surface area contributed by atoms with Gasteiger partial charge in [-0.25, -0.2) is 0 Å². The lowest BCUT2D eigenvalue weighted by atomic mass is 10.1. The monoisotopic (exact) mass is 428 g/mol. The number of hydrogen-bond donors (Lipinski definition) is 1. The van der Waals surface area contributed by atoms with Crippen LogP contribution in [0.5, 0.6) is 5.75 Å². The fourth-order valence-corrected chi connectivity index (χ4v) is 4.13. The van der Waals surface area contributed by atoms with Gasteiger partial charge in [0.1, 0.15) is 5.75 Å². The van der Waals surface area contributed by atoms with E-state index in [9.17, 15) is 9.59 Å². The number of anilines is 1. The van der Waals surface area contributed by atoms with E-state index in [0.29, 0.717) is 24.9 Å². The van der Waals surface area contributed by atoms with E-state index in [1.165, 1.54) is 0 Å². The van der Waals surface area contributed by atoms with Crippen molar-refractivity contribution in [2.75, 3.05) is 12.0 Å². The number of benzene rings is 3. The van der Waals surface area contributed by atoms with Crippen molar-refractivity contribution in [2.45, 2.75) is 38.8 Å². The fourth-order valence-electron chi connectivity index (χ4n) is 4.13. The zero-order valence-electron chi connectivity index (χ0n) is 18.5. The number of fused-ring (bicyclic) bond motifs is 1. The Labute approximate surface area is 189 Å². The summed E-state index contributed by atoms with van der Waals surface area (Å²) < 4.78 is 5.16. The predicted molar refractivity (Wildman–Crippen MR) is 126 cm³/mol. The maximum absolute atomic E-state index is 13.1. The molecule has 4 rings (SSSR count). The van der Waals surface area contributed by atoms with Gasteiger partial charge < -0.3 is 15.0 Å². The van der Waals surface area contributed by atoms with Gasteiger partial charge in [0.05, 0.1) is 7.11 Å². The number of rotatable bonds is 7. The molecule has 3 aromatic carbocycles. The average Bonchev–Trinajstić information content (AvgIpc) is 3.16. The first-order chi connectivity index (χ1) is 15.5. The number of nitrogens with one attached hydrogen (secondary N) is 1. The summed E-state index contributed by atoms with van der Waals surface area (Å²) in [5.74, 6) is 0.827.